The van der Waals surface area contributed by atoms with Gasteiger partial charge < -0.3 is 5.73 Å². The molecule has 1 aliphatic heterocycles. The predicted octanol–water partition coefficient (Wildman–Crippen LogP) is 2.97. The first-order chi connectivity index (χ1) is 10.1. The van der Waals surface area contributed by atoms with Crippen LogP contribution in [0.15, 0.2) is 48.5 Å². The summed E-state index contributed by atoms with van der Waals surface area (Å²) in [6.45, 7) is 0. The summed E-state index contributed by atoms with van der Waals surface area (Å²) in [5.41, 5.74) is 7.42. The Morgan fingerprint density at radius 1 is 1.10 bits per heavy atom. The topological polar surface area (TPSA) is 63.4 Å². The number of nitrogens with two attached hydrogens (primary N) is 1. The van der Waals surface area contributed by atoms with Crippen LogP contribution in [0.1, 0.15) is 17.9 Å². The van der Waals surface area contributed by atoms with Gasteiger partial charge in [-0.15, -0.1) is 0 Å². The smallest absolute Gasteiger partial charge is 0.241 e. The van der Waals surface area contributed by atoms with Crippen LogP contribution in [0.4, 0.5) is 11.4 Å². The third-order valence-corrected chi connectivity index (χ3v) is 3.82. The molecule has 0 bridgehead atoms. The SMILES string of the molecule is Nc1ccc(Cl)cc1N1C(=O)CC(c2ccccc2)C1=O. The minimum atomic E-state index is -0.461. The van der Waals surface area contributed by atoms with Crippen LogP contribution in [0.3, 0.4) is 0 Å². The minimum absolute atomic E-state index is 0.148. The molecule has 2 N–H and O–H groups in total. The molecule has 1 heterocycles. The van der Waals surface area contributed by atoms with Crippen molar-refractivity contribution in [3.05, 3.63) is 59.1 Å². The summed E-state index contributed by atoms with van der Waals surface area (Å²) < 4.78 is 0. The van der Waals surface area contributed by atoms with Gasteiger partial charge >= 0.3 is 0 Å². The fourth-order valence-corrected chi connectivity index (χ4v) is 2.71. The second-order valence-electron chi connectivity index (χ2n) is 4.94. The van der Waals surface area contributed by atoms with E-state index in [0.717, 1.165) is 10.5 Å². The van der Waals surface area contributed by atoms with Crippen molar-refractivity contribution in [3.63, 3.8) is 0 Å². The van der Waals surface area contributed by atoms with Crippen molar-refractivity contribution in [1.82, 2.24) is 0 Å². The highest BCUT2D eigenvalue weighted by atomic mass is 35.5. The number of imide groups is 1. The number of hydrogen-bond donors (Lipinski definition) is 1. The van der Waals surface area contributed by atoms with E-state index in [1.165, 1.54) is 0 Å². The van der Waals surface area contributed by atoms with Gasteiger partial charge in [-0.1, -0.05) is 41.9 Å². The fourth-order valence-electron chi connectivity index (χ4n) is 2.54. The number of nitrogens with zero attached hydrogens (tertiary/aromatic N) is 1. The van der Waals surface area contributed by atoms with Crippen LogP contribution in [-0.4, -0.2) is 11.8 Å². The van der Waals surface area contributed by atoms with Crippen molar-refractivity contribution >= 4 is 34.8 Å². The number of benzene rings is 2. The van der Waals surface area contributed by atoms with Gasteiger partial charge in [0.1, 0.15) is 0 Å². The largest absolute Gasteiger partial charge is 0.397 e. The molecule has 5 heteroatoms. The van der Waals surface area contributed by atoms with Gasteiger partial charge in [0.05, 0.1) is 17.3 Å². The number of carbonyl (C=O) groups is 2. The van der Waals surface area contributed by atoms with Crippen molar-refractivity contribution in [2.45, 2.75) is 12.3 Å². The maximum atomic E-state index is 12.6. The second-order valence-corrected chi connectivity index (χ2v) is 5.37. The molecule has 2 aromatic carbocycles. The number of halogens is 1. The molecule has 4 nitrogen and oxygen atoms in total. The van der Waals surface area contributed by atoms with E-state index in [0.29, 0.717) is 16.4 Å². The van der Waals surface area contributed by atoms with Crippen molar-refractivity contribution in [1.29, 1.82) is 0 Å². The number of hydrogen-bond acceptors (Lipinski definition) is 3. The molecule has 2 amide bonds. The lowest BCUT2D eigenvalue weighted by Crippen LogP contribution is -2.30. The van der Waals surface area contributed by atoms with Gasteiger partial charge in [-0.05, 0) is 23.8 Å². The summed E-state index contributed by atoms with van der Waals surface area (Å²) in [5, 5.41) is 0.433. The molecule has 0 spiro atoms. The molecule has 1 unspecified atom stereocenters. The number of anilines is 2. The van der Waals surface area contributed by atoms with E-state index in [1.807, 2.05) is 30.3 Å². The zero-order valence-electron chi connectivity index (χ0n) is 11.1. The van der Waals surface area contributed by atoms with Crippen LogP contribution in [0.2, 0.25) is 5.02 Å². The van der Waals surface area contributed by atoms with Gasteiger partial charge in [0.25, 0.3) is 0 Å². The summed E-state index contributed by atoms with van der Waals surface area (Å²) >= 11 is 5.94. The van der Waals surface area contributed by atoms with Gasteiger partial charge in [0.2, 0.25) is 11.8 Å². The molecule has 106 valence electrons. The van der Waals surface area contributed by atoms with E-state index in [1.54, 1.807) is 18.2 Å². The number of rotatable bonds is 2. The second kappa shape index (κ2) is 5.22. The van der Waals surface area contributed by atoms with Crippen molar-refractivity contribution in [2.24, 2.45) is 0 Å². The summed E-state index contributed by atoms with van der Waals surface area (Å²) in [5.74, 6) is -0.986. The van der Waals surface area contributed by atoms with Gasteiger partial charge in [0.15, 0.2) is 0 Å². The maximum Gasteiger partial charge on any atom is 0.241 e. The highest BCUT2D eigenvalue weighted by Gasteiger charge is 2.41. The molecule has 0 aromatic heterocycles. The molecule has 1 fully saturated rings. The average molecular weight is 301 g/mol. The third-order valence-electron chi connectivity index (χ3n) is 3.58. The van der Waals surface area contributed by atoms with Crippen molar-refractivity contribution in [2.75, 3.05) is 10.6 Å². The Balaban J connectivity index is 2.00. The van der Waals surface area contributed by atoms with Gasteiger partial charge in [0, 0.05) is 11.4 Å². The summed E-state index contributed by atoms with van der Waals surface area (Å²) in [7, 11) is 0. The Morgan fingerprint density at radius 2 is 1.81 bits per heavy atom. The Bertz CT molecular complexity index is 715. The van der Waals surface area contributed by atoms with Gasteiger partial charge in [-0.2, -0.15) is 0 Å². The van der Waals surface area contributed by atoms with Crippen LogP contribution in [0.5, 0.6) is 0 Å². The Hall–Kier alpha value is -2.33. The molecule has 0 aliphatic carbocycles. The molecule has 1 atom stereocenters. The van der Waals surface area contributed by atoms with E-state index in [2.05, 4.69) is 0 Å². The first kappa shape index (κ1) is 13.6. The van der Waals surface area contributed by atoms with Crippen LogP contribution in [0, 0.1) is 0 Å². The number of carbonyl (C=O) groups excluding carboxylic acids is 2. The average Bonchev–Trinajstić information content (AvgIpc) is 2.78. The molecular weight excluding hydrogens is 288 g/mol. The Kier molecular flexibility index (Phi) is 3.39. The molecule has 2 aromatic rings. The third kappa shape index (κ3) is 2.38. The predicted molar refractivity (Wildman–Crippen MR) is 82.2 cm³/mol. The molecule has 21 heavy (non-hydrogen) atoms. The van der Waals surface area contributed by atoms with E-state index in [9.17, 15) is 9.59 Å². The molecule has 1 saturated heterocycles. The summed E-state index contributed by atoms with van der Waals surface area (Å²) in [4.78, 5) is 26.0. The lowest BCUT2D eigenvalue weighted by atomic mass is 9.98. The van der Waals surface area contributed by atoms with E-state index >= 15 is 0 Å². The van der Waals surface area contributed by atoms with Crippen LogP contribution in [0.25, 0.3) is 0 Å². The lowest BCUT2D eigenvalue weighted by Gasteiger charge is -2.17. The number of amides is 2. The van der Waals surface area contributed by atoms with Crippen molar-refractivity contribution < 1.29 is 9.59 Å². The molecular formula is C16H13ClN2O2. The first-order valence-electron chi connectivity index (χ1n) is 6.54. The van der Waals surface area contributed by atoms with Crippen molar-refractivity contribution in [3.8, 4) is 0 Å². The van der Waals surface area contributed by atoms with Crippen LogP contribution >= 0.6 is 11.6 Å². The zero-order valence-corrected chi connectivity index (χ0v) is 11.9. The molecule has 1 aliphatic rings. The normalized spacial score (nSPS) is 18.3. The minimum Gasteiger partial charge on any atom is -0.397 e. The summed E-state index contributed by atoms with van der Waals surface area (Å²) in [6, 6.07) is 14.0. The first-order valence-corrected chi connectivity index (χ1v) is 6.92. The maximum absolute atomic E-state index is 12.6. The fraction of sp³-hybridized carbons (Fsp3) is 0.125. The Labute approximate surface area is 127 Å². The summed E-state index contributed by atoms with van der Waals surface area (Å²) in [6.07, 6.45) is 0.148. The van der Waals surface area contributed by atoms with Gasteiger partial charge in [-0.25, -0.2) is 4.90 Å². The quantitative estimate of drug-likeness (QED) is 0.685. The number of nitrogen functional groups attached to an aromatic ring is 1. The van der Waals surface area contributed by atoms with Crippen LogP contribution in [-0.2, 0) is 9.59 Å². The van der Waals surface area contributed by atoms with Crippen LogP contribution < -0.4 is 10.6 Å². The van der Waals surface area contributed by atoms with Gasteiger partial charge in [-0.3, -0.25) is 9.59 Å². The highest BCUT2D eigenvalue weighted by molar-refractivity contribution is 6.32. The van der Waals surface area contributed by atoms with E-state index in [-0.39, 0.29) is 18.2 Å². The zero-order chi connectivity index (χ0) is 15.0. The van der Waals surface area contributed by atoms with E-state index in [4.69, 9.17) is 17.3 Å². The standard InChI is InChI=1S/C16H13ClN2O2/c17-11-6-7-13(18)14(8-11)19-15(20)9-12(16(19)21)10-4-2-1-3-5-10/h1-8,12H,9,18H2. The molecule has 0 saturated carbocycles. The lowest BCUT2D eigenvalue weighted by molar-refractivity contribution is -0.121. The highest BCUT2D eigenvalue weighted by Crippen LogP contribution is 2.36. The van der Waals surface area contributed by atoms with E-state index < -0.39 is 5.92 Å². The molecule has 0 radical (unpaired) electrons. The molecule has 3 rings (SSSR count). The monoisotopic (exact) mass is 300 g/mol. The Morgan fingerprint density at radius 3 is 2.52 bits per heavy atom.